The van der Waals surface area contributed by atoms with E-state index in [-0.39, 0.29) is 5.91 Å². The molecule has 0 fully saturated rings. The van der Waals surface area contributed by atoms with Crippen LogP contribution in [0.15, 0.2) is 29.4 Å². The minimum absolute atomic E-state index is 0.245. The molecule has 1 amide bonds. The molecule has 0 radical (unpaired) electrons. The number of methoxy groups -OCH3 is 1. The standard InChI is InChI=1S/C12H16N2O3/c1-8(14-16)10-6-4-5-7-11(10)13-12(15)9(2)17-3/h4-7,9,16H,1-3H3,(H,13,15)/b14-8+. The lowest BCUT2D eigenvalue weighted by atomic mass is 10.1. The lowest BCUT2D eigenvalue weighted by Gasteiger charge is -2.13. The molecule has 1 aromatic rings. The normalized spacial score (nSPS) is 13.2. The number of rotatable bonds is 4. The minimum Gasteiger partial charge on any atom is -0.411 e. The summed E-state index contributed by atoms with van der Waals surface area (Å²) < 4.78 is 4.92. The number of benzene rings is 1. The highest BCUT2D eigenvalue weighted by Gasteiger charge is 2.14. The third-order valence-corrected chi connectivity index (χ3v) is 2.45. The second kappa shape index (κ2) is 6.00. The van der Waals surface area contributed by atoms with Crippen LogP contribution in [-0.4, -0.2) is 30.0 Å². The zero-order valence-electron chi connectivity index (χ0n) is 10.1. The van der Waals surface area contributed by atoms with Crippen LogP contribution in [0.1, 0.15) is 19.4 Å². The Bertz CT molecular complexity index is 430. The highest BCUT2D eigenvalue weighted by Crippen LogP contribution is 2.16. The van der Waals surface area contributed by atoms with E-state index >= 15 is 0 Å². The molecule has 0 heterocycles. The summed E-state index contributed by atoms with van der Waals surface area (Å²) in [6, 6.07) is 7.10. The van der Waals surface area contributed by atoms with Gasteiger partial charge in [-0.05, 0) is 19.9 Å². The first-order valence-electron chi connectivity index (χ1n) is 5.22. The predicted octanol–water partition coefficient (Wildman–Crippen LogP) is 1.86. The fourth-order valence-electron chi connectivity index (χ4n) is 1.30. The summed E-state index contributed by atoms with van der Waals surface area (Å²) in [4.78, 5) is 11.7. The van der Waals surface area contributed by atoms with E-state index in [1.54, 1.807) is 38.1 Å². The van der Waals surface area contributed by atoms with Crippen molar-refractivity contribution in [1.82, 2.24) is 0 Å². The van der Waals surface area contributed by atoms with Crippen LogP contribution >= 0.6 is 0 Å². The molecule has 0 aliphatic carbocycles. The molecule has 2 N–H and O–H groups in total. The Morgan fingerprint density at radius 1 is 1.47 bits per heavy atom. The molecule has 0 aliphatic heterocycles. The molecule has 0 aliphatic rings. The molecule has 0 bridgehead atoms. The quantitative estimate of drug-likeness (QED) is 0.476. The van der Waals surface area contributed by atoms with Crippen molar-refractivity contribution in [3.05, 3.63) is 29.8 Å². The first kappa shape index (κ1) is 13.2. The largest absolute Gasteiger partial charge is 0.411 e. The number of nitrogens with one attached hydrogen (secondary N) is 1. The molecular formula is C12H16N2O3. The highest BCUT2D eigenvalue weighted by atomic mass is 16.5. The first-order chi connectivity index (χ1) is 8.10. The number of oxime groups is 1. The Morgan fingerprint density at radius 2 is 2.12 bits per heavy atom. The van der Waals surface area contributed by atoms with Crippen LogP contribution in [0.25, 0.3) is 0 Å². The van der Waals surface area contributed by atoms with Crippen molar-refractivity contribution in [3.8, 4) is 0 Å². The number of amides is 1. The predicted molar refractivity (Wildman–Crippen MR) is 65.5 cm³/mol. The number of ether oxygens (including phenoxy) is 1. The van der Waals surface area contributed by atoms with Gasteiger partial charge in [0.05, 0.1) is 5.71 Å². The Balaban J connectivity index is 2.95. The molecule has 0 spiro atoms. The summed E-state index contributed by atoms with van der Waals surface area (Å²) in [6.07, 6.45) is -0.533. The van der Waals surface area contributed by atoms with Gasteiger partial charge >= 0.3 is 0 Å². The van der Waals surface area contributed by atoms with Crippen molar-refractivity contribution in [2.75, 3.05) is 12.4 Å². The molecule has 1 rings (SSSR count). The van der Waals surface area contributed by atoms with Crippen molar-refractivity contribution < 1.29 is 14.7 Å². The number of para-hydroxylation sites is 1. The third kappa shape index (κ3) is 3.29. The fourth-order valence-corrected chi connectivity index (χ4v) is 1.30. The maximum Gasteiger partial charge on any atom is 0.253 e. The van der Waals surface area contributed by atoms with Gasteiger partial charge < -0.3 is 15.3 Å². The number of hydrogen-bond acceptors (Lipinski definition) is 4. The van der Waals surface area contributed by atoms with Crippen LogP contribution in [0.5, 0.6) is 0 Å². The summed E-state index contributed by atoms with van der Waals surface area (Å²) in [5.41, 5.74) is 1.70. The Morgan fingerprint density at radius 3 is 2.71 bits per heavy atom. The van der Waals surface area contributed by atoms with E-state index < -0.39 is 6.10 Å². The summed E-state index contributed by atoms with van der Waals surface area (Å²) in [7, 11) is 1.47. The average Bonchev–Trinajstić information content (AvgIpc) is 2.37. The molecule has 92 valence electrons. The van der Waals surface area contributed by atoms with Gasteiger partial charge in [0.1, 0.15) is 6.10 Å². The van der Waals surface area contributed by atoms with Crippen molar-refractivity contribution in [2.24, 2.45) is 5.16 Å². The van der Waals surface area contributed by atoms with Gasteiger partial charge in [0.25, 0.3) is 5.91 Å². The zero-order chi connectivity index (χ0) is 12.8. The lowest BCUT2D eigenvalue weighted by Crippen LogP contribution is -2.27. The number of anilines is 1. The Hall–Kier alpha value is -1.88. The topological polar surface area (TPSA) is 70.9 Å². The number of carbonyl (C=O) groups excluding carboxylic acids is 1. The second-order valence-electron chi connectivity index (χ2n) is 3.60. The van der Waals surface area contributed by atoms with E-state index in [1.165, 1.54) is 7.11 Å². The molecule has 17 heavy (non-hydrogen) atoms. The Kier molecular flexibility index (Phi) is 4.66. The Labute approximate surface area is 100 Å². The fraction of sp³-hybridized carbons (Fsp3) is 0.333. The number of nitrogens with zero attached hydrogens (tertiary/aromatic N) is 1. The van der Waals surface area contributed by atoms with Crippen LogP contribution in [0.2, 0.25) is 0 Å². The van der Waals surface area contributed by atoms with E-state index in [2.05, 4.69) is 10.5 Å². The van der Waals surface area contributed by atoms with E-state index in [9.17, 15) is 4.79 Å². The molecule has 5 nitrogen and oxygen atoms in total. The van der Waals surface area contributed by atoms with Gasteiger partial charge in [-0.3, -0.25) is 4.79 Å². The van der Waals surface area contributed by atoms with Crippen molar-refractivity contribution >= 4 is 17.3 Å². The molecule has 0 saturated carbocycles. The van der Waals surface area contributed by atoms with Gasteiger partial charge in [0.15, 0.2) is 0 Å². The average molecular weight is 236 g/mol. The first-order valence-corrected chi connectivity index (χ1v) is 5.22. The number of hydrogen-bond donors (Lipinski definition) is 2. The monoisotopic (exact) mass is 236 g/mol. The van der Waals surface area contributed by atoms with Gasteiger partial charge in [-0.25, -0.2) is 0 Å². The maximum atomic E-state index is 11.7. The van der Waals surface area contributed by atoms with Crippen LogP contribution in [0.4, 0.5) is 5.69 Å². The molecular weight excluding hydrogens is 220 g/mol. The minimum atomic E-state index is -0.533. The smallest absolute Gasteiger partial charge is 0.253 e. The molecule has 0 aromatic heterocycles. The van der Waals surface area contributed by atoms with Crippen LogP contribution in [0, 0.1) is 0 Å². The van der Waals surface area contributed by atoms with E-state index in [0.29, 0.717) is 17.0 Å². The van der Waals surface area contributed by atoms with Gasteiger partial charge in [-0.2, -0.15) is 0 Å². The van der Waals surface area contributed by atoms with Crippen molar-refractivity contribution in [2.45, 2.75) is 20.0 Å². The van der Waals surface area contributed by atoms with Gasteiger partial charge in [-0.15, -0.1) is 0 Å². The van der Waals surface area contributed by atoms with E-state index in [1.807, 2.05) is 0 Å². The van der Waals surface area contributed by atoms with Crippen LogP contribution in [0.3, 0.4) is 0 Å². The van der Waals surface area contributed by atoms with Crippen molar-refractivity contribution in [1.29, 1.82) is 0 Å². The molecule has 5 heteroatoms. The summed E-state index contributed by atoms with van der Waals surface area (Å²) in [5.74, 6) is -0.245. The summed E-state index contributed by atoms with van der Waals surface area (Å²) in [5, 5.41) is 14.6. The molecule has 1 aromatic carbocycles. The van der Waals surface area contributed by atoms with E-state index in [0.717, 1.165) is 0 Å². The second-order valence-corrected chi connectivity index (χ2v) is 3.60. The van der Waals surface area contributed by atoms with Crippen molar-refractivity contribution in [3.63, 3.8) is 0 Å². The van der Waals surface area contributed by atoms with Crippen LogP contribution in [-0.2, 0) is 9.53 Å². The number of carbonyl (C=O) groups is 1. The molecule has 1 unspecified atom stereocenters. The maximum absolute atomic E-state index is 11.7. The highest BCUT2D eigenvalue weighted by molar-refractivity contribution is 6.06. The van der Waals surface area contributed by atoms with E-state index in [4.69, 9.17) is 9.94 Å². The third-order valence-electron chi connectivity index (χ3n) is 2.45. The van der Waals surface area contributed by atoms with Gasteiger partial charge in [-0.1, -0.05) is 23.4 Å². The molecule has 1 atom stereocenters. The van der Waals surface area contributed by atoms with Gasteiger partial charge in [0.2, 0.25) is 0 Å². The zero-order valence-corrected chi connectivity index (χ0v) is 10.1. The SMILES string of the molecule is COC(C)C(=O)Nc1ccccc1/C(C)=N/O. The van der Waals surface area contributed by atoms with Gasteiger partial charge in [0, 0.05) is 18.4 Å². The van der Waals surface area contributed by atoms with Crippen LogP contribution < -0.4 is 5.32 Å². The molecule has 0 saturated heterocycles. The summed E-state index contributed by atoms with van der Waals surface area (Å²) in [6.45, 7) is 3.32. The summed E-state index contributed by atoms with van der Waals surface area (Å²) >= 11 is 0. The lowest BCUT2D eigenvalue weighted by molar-refractivity contribution is -0.124.